The molecule has 1 aromatic carbocycles. The third-order valence-electron chi connectivity index (χ3n) is 5.05. The maximum absolute atomic E-state index is 12.7. The van der Waals surface area contributed by atoms with E-state index in [9.17, 15) is 13.2 Å². The van der Waals surface area contributed by atoms with Crippen molar-refractivity contribution in [1.29, 1.82) is 0 Å². The van der Waals surface area contributed by atoms with Crippen LogP contribution in [-0.4, -0.2) is 57.9 Å². The van der Waals surface area contributed by atoms with Crippen molar-refractivity contribution >= 4 is 15.9 Å². The van der Waals surface area contributed by atoms with Gasteiger partial charge in [0.25, 0.3) is 5.91 Å². The van der Waals surface area contributed by atoms with Gasteiger partial charge < -0.3 is 14.4 Å². The van der Waals surface area contributed by atoms with Gasteiger partial charge in [0.05, 0.1) is 18.1 Å². The predicted octanol–water partition coefficient (Wildman–Crippen LogP) is 1.99. The van der Waals surface area contributed by atoms with Gasteiger partial charge in [-0.15, -0.1) is 0 Å². The Morgan fingerprint density at radius 3 is 2.30 bits per heavy atom. The van der Waals surface area contributed by atoms with E-state index < -0.39 is 15.8 Å². The first-order chi connectivity index (χ1) is 12.8. The van der Waals surface area contributed by atoms with E-state index in [1.54, 1.807) is 17.0 Å². The van der Waals surface area contributed by atoms with Crippen molar-refractivity contribution in [3.8, 4) is 0 Å². The number of nitrogens with zero attached hydrogens (tertiary/aromatic N) is 1. The van der Waals surface area contributed by atoms with Gasteiger partial charge in [0.15, 0.2) is 5.79 Å². The zero-order valence-corrected chi connectivity index (χ0v) is 16.8. The highest BCUT2D eigenvalue weighted by Gasteiger charge is 2.40. The molecule has 0 aliphatic carbocycles. The molecule has 27 heavy (non-hydrogen) atoms. The van der Waals surface area contributed by atoms with Gasteiger partial charge in [-0.1, -0.05) is 13.8 Å². The van der Waals surface area contributed by atoms with Gasteiger partial charge in [-0.2, -0.15) is 0 Å². The number of amides is 1. The van der Waals surface area contributed by atoms with Gasteiger partial charge in [0.1, 0.15) is 0 Å². The van der Waals surface area contributed by atoms with Crippen molar-refractivity contribution < 1.29 is 22.7 Å². The van der Waals surface area contributed by atoms with Gasteiger partial charge in [0.2, 0.25) is 10.0 Å². The monoisotopic (exact) mass is 396 g/mol. The van der Waals surface area contributed by atoms with Crippen LogP contribution in [0.25, 0.3) is 0 Å². The summed E-state index contributed by atoms with van der Waals surface area (Å²) in [5.41, 5.74) is 0.486. The summed E-state index contributed by atoms with van der Waals surface area (Å²) >= 11 is 0. The Morgan fingerprint density at radius 1 is 1.15 bits per heavy atom. The van der Waals surface area contributed by atoms with Crippen molar-refractivity contribution in [3.63, 3.8) is 0 Å². The molecule has 3 rings (SSSR count). The Balaban J connectivity index is 1.59. The Hall–Kier alpha value is -1.48. The molecule has 0 radical (unpaired) electrons. The van der Waals surface area contributed by atoms with E-state index in [0.717, 1.165) is 6.42 Å². The standard InChI is InChI=1S/C19H28N2O5S/c1-15(2)7-10-20-27(23,24)17-5-3-16(4-6-17)18(22)21-11-8-19(9-12-21)25-13-14-26-19/h3-6,15,20H,7-14H2,1-2H3. The second-order valence-electron chi connectivity index (χ2n) is 7.50. The molecule has 0 aromatic heterocycles. The molecule has 7 nitrogen and oxygen atoms in total. The lowest BCUT2D eigenvalue weighted by molar-refractivity contribution is -0.181. The number of sulfonamides is 1. The van der Waals surface area contributed by atoms with Gasteiger partial charge in [-0.05, 0) is 36.6 Å². The highest BCUT2D eigenvalue weighted by atomic mass is 32.2. The summed E-state index contributed by atoms with van der Waals surface area (Å²) in [6, 6.07) is 6.12. The molecule has 2 aliphatic rings. The van der Waals surface area contributed by atoms with Gasteiger partial charge in [-0.3, -0.25) is 4.79 Å². The smallest absolute Gasteiger partial charge is 0.253 e. The van der Waals surface area contributed by atoms with Gasteiger partial charge in [-0.25, -0.2) is 13.1 Å². The minimum Gasteiger partial charge on any atom is -0.347 e. The quantitative estimate of drug-likeness (QED) is 0.795. The Bertz CT molecular complexity index is 745. The van der Waals surface area contributed by atoms with Crippen LogP contribution in [-0.2, 0) is 19.5 Å². The first kappa shape index (κ1) is 20.3. The average molecular weight is 397 g/mol. The van der Waals surface area contributed by atoms with Crippen LogP contribution in [0.2, 0.25) is 0 Å². The van der Waals surface area contributed by atoms with Crippen molar-refractivity contribution in [2.75, 3.05) is 32.8 Å². The Morgan fingerprint density at radius 2 is 1.74 bits per heavy atom. The number of carbonyl (C=O) groups excluding carboxylic acids is 1. The molecule has 2 aliphatic heterocycles. The summed E-state index contributed by atoms with van der Waals surface area (Å²) in [5, 5.41) is 0. The third-order valence-corrected chi connectivity index (χ3v) is 6.53. The van der Waals surface area contributed by atoms with E-state index in [-0.39, 0.29) is 10.8 Å². The molecule has 1 N–H and O–H groups in total. The lowest BCUT2D eigenvalue weighted by Crippen LogP contribution is -2.47. The van der Waals surface area contributed by atoms with Crippen LogP contribution >= 0.6 is 0 Å². The van der Waals surface area contributed by atoms with Crippen LogP contribution in [0.15, 0.2) is 29.2 Å². The van der Waals surface area contributed by atoms with Crippen LogP contribution in [0, 0.1) is 5.92 Å². The van der Waals surface area contributed by atoms with E-state index >= 15 is 0 Å². The fourth-order valence-electron chi connectivity index (χ4n) is 3.36. The molecule has 2 saturated heterocycles. The number of benzene rings is 1. The van der Waals surface area contributed by atoms with Crippen molar-refractivity contribution in [3.05, 3.63) is 29.8 Å². The number of rotatable bonds is 6. The van der Waals surface area contributed by atoms with Crippen LogP contribution < -0.4 is 4.72 Å². The number of carbonyl (C=O) groups is 1. The summed E-state index contributed by atoms with van der Waals surface area (Å²) in [5.74, 6) is -0.188. The summed E-state index contributed by atoms with van der Waals surface area (Å²) in [7, 11) is -3.55. The van der Waals surface area contributed by atoms with E-state index in [2.05, 4.69) is 4.72 Å². The minimum absolute atomic E-state index is 0.0976. The number of piperidine rings is 1. The summed E-state index contributed by atoms with van der Waals surface area (Å²) < 4.78 is 38.6. The van der Waals surface area contributed by atoms with Crippen LogP contribution in [0.3, 0.4) is 0 Å². The Labute approximate surface area is 161 Å². The lowest BCUT2D eigenvalue weighted by Gasteiger charge is -2.37. The van der Waals surface area contributed by atoms with Gasteiger partial charge >= 0.3 is 0 Å². The van der Waals surface area contributed by atoms with Crippen LogP contribution in [0.5, 0.6) is 0 Å². The first-order valence-corrected chi connectivity index (χ1v) is 11.0. The maximum Gasteiger partial charge on any atom is 0.253 e. The fraction of sp³-hybridized carbons (Fsp3) is 0.632. The second-order valence-corrected chi connectivity index (χ2v) is 9.27. The predicted molar refractivity (Wildman–Crippen MR) is 101 cm³/mol. The van der Waals surface area contributed by atoms with E-state index in [1.165, 1.54) is 12.1 Å². The fourth-order valence-corrected chi connectivity index (χ4v) is 4.41. The zero-order valence-electron chi connectivity index (χ0n) is 15.9. The number of ether oxygens (including phenoxy) is 2. The van der Waals surface area contributed by atoms with Crippen LogP contribution in [0.4, 0.5) is 0 Å². The van der Waals surface area contributed by atoms with Gasteiger partial charge in [0, 0.05) is 38.0 Å². The average Bonchev–Trinajstić information content (AvgIpc) is 3.09. The zero-order chi connectivity index (χ0) is 19.5. The van der Waals surface area contributed by atoms with E-state index in [1.807, 2.05) is 13.8 Å². The molecule has 0 bridgehead atoms. The summed E-state index contributed by atoms with van der Waals surface area (Å²) in [4.78, 5) is 14.6. The molecule has 1 spiro atoms. The molecular weight excluding hydrogens is 368 g/mol. The third kappa shape index (κ3) is 4.87. The van der Waals surface area contributed by atoms with E-state index in [0.29, 0.717) is 57.2 Å². The number of hydrogen-bond acceptors (Lipinski definition) is 5. The number of hydrogen-bond donors (Lipinski definition) is 1. The van der Waals surface area contributed by atoms with E-state index in [4.69, 9.17) is 9.47 Å². The van der Waals surface area contributed by atoms with Crippen molar-refractivity contribution in [1.82, 2.24) is 9.62 Å². The molecule has 0 saturated carbocycles. The SMILES string of the molecule is CC(C)CCNS(=O)(=O)c1ccc(C(=O)N2CCC3(CC2)OCCO3)cc1. The molecular formula is C19H28N2O5S. The molecule has 0 unspecified atom stereocenters. The Kier molecular flexibility index (Phi) is 6.20. The number of likely N-dealkylation sites (tertiary alicyclic amines) is 1. The highest BCUT2D eigenvalue weighted by molar-refractivity contribution is 7.89. The second kappa shape index (κ2) is 8.26. The van der Waals surface area contributed by atoms with Crippen molar-refractivity contribution in [2.45, 2.75) is 43.8 Å². The molecule has 150 valence electrons. The molecule has 2 heterocycles. The topological polar surface area (TPSA) is 84.9 Å². The maximum atomic E-state index is 12.7. The normalized spacial score (nSPS) is 19.7. The van der Waals surface area contributed by atoms with Crippen molar-refractivity contribution in [2.24, 2.45) is 5.92 Å². The molecule has 0 atom stereocenters. The first-order valence-electron chi connectivity index (χ1n) is 9.48. The largest absolute Gasteiger partial charge is 0.347 e. The molecule has 1 amide bonds. The number of nitrogens with one attached hydrogen (secondary N) is 1. The summed E-state index contributed by atoms with van der Waals surface area (Å²) in [6.07, 6.45) is 2.09. The molecule has 1 aromatic rings. The minimum atomic E-state index is -3.55. The summed E-state index contributed by atoms with van der Waals surface area (Å²) in [6.45, 7) is 6.83. The molecule has 2 fully saturated rings. The molecule has 8 heteroatoms. The van der Waals surface area contributed by atoms with Crippen LogP contribution in [0.1, 0.15) is 43.5 Å². The lowest BCUT2D eigenvalue weighted by atomic mass is 10.0. The highest BCUT2D eigenvalue weighted by Crippen LogP contribution is 2.31.